The molecule has 4 aromatic rings. The number of sulfonamides is 1. The van der Waals surface area contributed by atoms with Gasteiger partial charge in [-0.1, -0.05) is 60.7 Å². The third-order valence-corrected chi connectivity index (χ3v) is 9.04. The summed E-state index contributed by atoms with van der Waals surface area (Å²) in [7, 11) is -2.16. The summed E-state index contributed by atoms with van der Waals surface area (Å²) >= 11 is 0. The van der Waals surface area contributed by atoms with Crippen molar-refractivity contribution in [1.82, 2.24) is 14.5 Å². The lowest BCUT2D eigenvalue weighted by Crippen LogP contribution is -2.51. The van der Waals surface area contributed by atoms with Crippen LogP contribution in [-0.4, -0.2) is 57.4 Å². The highest BCUT2D eigenvalue weighted by atomic mass is 32.2. The lowest BCUT2D eigenvalue weighted by atomic mass is 10.0. The van der Waals surface area contributed by atoms with Crippen molar-refractivity contribution in [2.24, 2.45) is 0 Å². The molecule has 1 N–H and O–H groups in total. The Labute approximate surface area is 222 Å². The zero-order valence-electron chi connectivity index (χ0n) is 21.1. The number of nitrogens with zero attached hydrogens (tertiary/aromatic N) is 2. The molecule has 194 valence electrons. The van der Waals surface area contributed by atoms with Gasteiger partial charge < -0.3 is 9.64 Å². The fraction of sp³-hybridized carbons (Fsp3) is 0.233. The summed E-state index contributed by atoms with van der Waals surface area (Å²) in [5.41, 5.74) is 2.70. The van der Waals surface area contributed by atoms with Crippen LogP contribution in [0.1, 0.15) is 33.6 Å². The van der Waals surface area contributed by atoms with E-state index < -0.39 is 16.1 Å². The molecular weight excluding hydrogens is 498 g/mol. The van der Waals surface area contributed by atoms with E-state index in [9.17, 15) is 13.2 Å². The van der Waals surface area contributed by atoms with Crippen LogP contribution in [0.4, 0.5) is 0 Å². The monoisotopic (exact) mass is 527 g/mol. The van der Waals surface area contributed by atoms with Crippen molar-refractivity contribution < 1.29 is 17.9 Å². The standard InChI is InChI=1S/C30H29N3O4S/c1-37-23-11-5-10-22(20-23)30(34)33-18-16-32(17-19-33)29-26-15-7-9-21-8-6-14-25(27(21)26)28(29)31-38(35,36)24-12-3-2-4-13-24/h2-15,20,28-29,31H,16-19H2,1H3/t28-,29+/m1/s1. The van der Waals surface area contributed by atoms with Crippen molar-refractivity contribution in [1.29, 1.82) is 0 Å². The maximum atomic E-state index is 13.4. The third kappa shape index (κ3) is 4.34. The quantitative estimate of drug-likeness (QED) is 0.403. The molecule has 1 heterocycles. The highest BCUT2D eigenvalue weighted by Gasteiger charge is 2.41. The van der Waals surface area contributed by atoms with E-state index in [1.54, 1.807) is 49.6 Å². The molecular formula is C30H29N3O4S. The molecule has 8 heteroatoms. The number of benzene rings is 4. The number of methoxy groups -OCH3 is 1. The number of carbonyl (C=O) groups is 1. The van der Waals surface area contributed by atoms with Crippen LogP contribution in [0.5, 0.6) is 5.75 Å². The van der Waals surface area contributed by atoms with Gasteiger partial charge in [-0.3, -0.25) is 9.69 Å². The summed E-state index contributed by atoms with van der Waals surface area (Å²) < 4.78 is 35.2. The molecule has 1 fully saturated rings. The normalized spacial score (nSPS) is 19.6. The highest BCUT2D eigenvalue weighted by Crippen LogP contribution is 2.47. The molecule has 4 aromatic carbocycles. The number of rotatable bonds is 6. The van der Waals surface area contributed by atoms with E-state index in [1.165, 1.54) is 0 Å². The van der Waals surface area contributed by atoms with Crippen molar-refractivity contribution in [2.45, 2.75) is 17.0 Å². The molecule has 7 nitrogen and oxygen atoms in total. The first-order chi connectivity index (χ1) is 18.5. The first-order valence-electron chi connectivity index (χ1n) is 12.7. The second kappa shape index (κ2) is 9.87. The van der Waals surface area contributed by atoms with Gasteiger partial charge in [0.2, 0.25) is 10.0 Å². The van der Waals surface area contributed by atoms with Crippen LogP contribution in [0.25, 0.3) is 10.8 Å². The summed E-state index contributed by atoms with van der Waals surface area (Å²) in [4.78, 5) is 17.6. The van der Waals surface area contributed by atoms with Crippen LogP contribution in [-0.2, 0) is 10.0 Å². The van der Waals surface area contributed by atoms with Crippen molar-refractivity contribution in [3.05, 3.63) is 108 Å². The van der Waals surface area contributed by atoms with Crippen LogP contribution in [0, 0.1) is 0 Å². The van der Waals surface area contributed by atoms with Crippen molar-refractivity contribution in [3.8, 4) is 5.75 Å². The topological polar surface area (TPSA) is 79.0 Å². The molecule has 1 saturated heterocycles. The number of piperazine rings is 1. The van der Waals surface area contributed by atoms with E-state index in [4.69, 9.17) is 4.74 Å². The Morgan fingerprint density at radius 2 is 1.53 bits per heavy atom. The van der Waals surface area contributed by atoms with E-state index in [-0.39, 0.29) is 16.8 Å². The Hall–Kier alpha value is -3.72. The van der Waals surface area contributed by atoms with Gasteiger partial charge in [-0.05, 0) is 52.2 Å². The van der Waals surface area contributed by atoms with Crippen LogP contribution < -0.4 is 9.46 Å². The molecule has 2 aliphatic rings. The molecule has 0 saturated carbocycles. The van der Waals surface area contributed by atoms with Gasteiger partial charge in [-0.2, -0.15) is 0 Å². The number of amides is 1. The third-order valence-electron chi connectivity index (χ3n) is 7.59. The molecule has 0 aromatic heterocycles. The minimum absolute atomic E-state index is 0.0262. The van der Waals surface area contributed by atoms with Gasteiger partial charge in [0, 0.05) is 31.7 Å². The SMILES string of the molecule is COc1cccc(C(=O)N2CCN([C@H]3c4cccc5cccc(c45)[C@H]3NS(=O)(=O)c3ccccc3)CC2)c1. The van der Waals surface area contributed by atoms with Gasteiger partial charge in [0.1, 0.15) is 5.75 Å². The lowest BCUT2D eigenvalue weighted by Gasteiger charge is -2.40. The Morgan fingerprint density at radius 1 is 0.842 bits per heavy atom. The van der Waals surface area contributed by atoms with Crippen LogP contribution in [0.2, 0.25) is 0 Å². The van der Waals surface area contributed by atoms with E-state index in [0.29, 0.717) is 37.5 Å². The molecule has 1 aliphatic carbocycles. The lowest BCUT2D eigenvalue weighted by molar-refractivity contribution is 0.0539. The summed E-state index contributed by atoms with van der Waals surface area (Å²) in [6.45, 7) is 2.37. The Kier molecular flexibility index (Phi) is 6.39. The van der Waals surface area contributed by atoms with Crippen molar-refractivity contribution in [2.75, 3.05) is 33.3 Å². The maximum Gasteiger partial charge on any atom is 0.254 e. The van der Waals surface area contributed by atoms with Crippen molar-refractivity contribution >= 4 is 26.7 Å². The van der Waals surface area contributed by atoms with Crippen LogP contribution in [0.15, 0.2) is 95.9 Å². The van der Waals surface area contributed by atoms with Gasteiger partial charge in [0.25, 0.3) is 5.91 Å². The summed E-state index contributed by atoms with van der Waals surface area (Å²) in [6, 6.07) is 27.4. The Balaban J connectivity index is 1.29. The first-order valence-corrected chi connectivity index (χ1v) is 14.2. The van der Waals surface area contributed by atoms with Gasteiger partial charge in [-0.15, -0.1) is 0 Å². The number of nitrogens with one attached hydrogen (secondary N) is 1. The molecule has 2 atom stereocenters. The molecule has 0 unspecified atom stereocenters. The summed E-state index contributed by atoms with van der Waals surface area (Å²) in [6.07, 6.45) is 0. The number of hydrogen-bond donors (Lipinski definition) is 1. The summed E-state index contributed by atoms with van der Waals surface area (Å²) in [5, 5.41) is 2.20. The average molecular weight is 528 g/mol. The largest absolute Gasteiger partial charge is 0.497 e. The smallest absolute Gasteiger partial charge is 0.254 e. The predicted octanol–water partition coefficient (Wildman–Crippen LogP) is 4.38. The minimum atomic E-state index is -3.75. The van der Waals surface area contributed by atoms with E-state index in [0.717, 1.165) is 21.9 Å². The average Bonchev–Trinajstić information content (AvgIpc) is 3.27. The molecule has 1 amide bonds. The first kappa shape index (κ1) is 24.6. The Bertz CT molecular complexity index is 1590. The molecule has 6 rings (SSSR count). The predicted molar refractivity (Wildman–Crippen MR) is 147 cm³/mol. The highest BCUT2D eigenvalue weighted by molar-refractivity contribution is 7.89. The van der Waals surface area contributed by atoms with E-state index in [2.05, 4.69) is 27.8 Å². The number of ether oxygens (including phenoxy) is 1. The van der Waals surface area contributed by atoms with Gasteiger partial charge in [0.15, 0.2) is 0 Å². The minimum Gasteiger partial charge on any atom is -0.497 e. The van der Waals surface area contributed by atoms with E-state index >= 15 is 0 Å². The maximum absolute atomic E-state index is 13.4. The molecule has 1 aliphatic heterocycles. The van der Waals surface area contributed by atoms with E-state index in [1.807, 2.05) is 35.2 Å². The van der Waals surface area contributed by atoms with Gasteiger partial charge in [0.05, 0.1) is 24.1 Å². The fourth-order valence-corrected chi connectivity index (χ4v) is 7.01. The summed E-state index contributed by atoms with van der Waals surface area (Å²) in [5.74, 6) is 0.626. The molecule has 0 radical (unpaired) electrons. The van der Waals surface area contributed by atoms with Crippen molar-refractivity contribution in [3.63, 3.8) is 0 Å². The molecule has 0 bridgehead atoms. The molecule has 0 spiro atoms. The second-order valence-electron chi connectivity index (χ2n) is 9.71. The zero-order valence-corrected chi connectivity index (χ0v) is 21.9. The number of hydrogen-bond acceptors (Lipinski definition) is 5. The van der Waals surface area contributed by atoms with Gasteiger partial charge in [-0.25, -0.2) is 13.1 Å². The Morgan fingerprint density at radius 3 is 2.24 bits per heavy atom. The van der Waals surface area contributed by atoms with Crippen LogP contribution in [0.3, 0.4) is 0 Å². The van der Waals surface area contributed by atoms with Crippen LogP contribution >= 0.6 is 0 Å². The zero-order chi connectivity index (χ0) is 26.3. The van der Waals surface area contributed by atoms with Gasteiger partial charge >= 0.3 is 0 Å². The fourth-order valence-electron chi connectivity index (χ4n) is 5.77. The second-order valence-corrected chi connectivity index (χ2v) is 11.4. The molecule has 38 heavy (non-hydrogen) atoms. The number of carbonyl (C=O) groups excluding carboxylic acids is 1.